The van der Waals surface area contributed by atoms with E-state index in [1.165, 1.54) is 5.19 Å². The summed E-state index contributed by atoms with van der Waals surface area (Å²) in [7, 11) is -1.20. The predicted molar refractivity (Wildman–Crippen MR) is 49.6 cm³/mol. The van der Waals surface area contributed by atoms with Crippen molar-refractivity contribution in [2.45, 2.75) is 19.6 Å². The molecular weight excluding hydrogens is 152 g/mol. The van der Waals surface area contributed by atoms with E-state index in [1.54, 1.807) is 12.1 Å². The summed E-state index contributed by atoms with van der Waals surface area (Å²) in [5.74, 6) is 0.104. The van der Waals surface area contributed by atoms with Gasteiger partial charge in [0.2, 0.25) is 0 Å². The summed E-state index contributed by atoms with van der Waals surface area (Å²) < 4.78 is 0. The lowest BCUT2D eigenvalue weighted by Crippen LogP contribution is -2.37. The van der Waals surface area contributed by atoms with Crippen LogP contribution in [0.4, 0.5) is 0 Å². The summed E-state index contributed by atoms with van der Waals surface area (Å²) in [5, 5.41) is 12.1. The van der Waals surface area contributed by atoms with Crippen molar-refractivity contribution < 1.29 is 5.11 Å². The Morgan fingerprint density at radius 1 is 1.00 bits per heavy atom. The van der Waals surface area contributed by atoms with Gasteiger partial charge in [-0.2, -0.15) is 0 Å². The molecule has 0 aromatic heterocycles. The topological polar surface area (TPSA) is 19.9 Å². The van der Waals surface area contributed by atoms with Crippen LogP contribution in [-0.4, -0.2) is 8.07 Å². The molecule has 1 aromatic carbocycles. The maximum atomic E-state index is 10.8. The molecular formula is C9H13OSi. The normalized spacial score (nSPS) is 11.5. The van der Waals surface area contributed by atoms with Gasteiger partial charge in [0, 0.05) is 0 Å². The number of hydrogen-bond acceptors (Lipinski definition) is 0. The van der Waals surface area contributed by atoms with Gasteiger partial charge in [-0.15, -0.1) is 0 Å². The molecule has 0 N–H and O–H groups in total. The van der Waals surface area contributed by atoms with E-state index >= 15 is 0 Å². The zero-order valence-electron chi connectivity index (χ0n) is 7.22. The number of hydrogen-bond donors (Lipinski definition) is 0. The minimum atomic E-state index is -1.20. The van der Waals surface area contributed by atoms with Gasteiger partial charge >= 0.3 is 0 Å². The quantitative estimate of drug-likeness (QED) is 0.569. The summed E-state index contributed by atoms with van der Waals surface area (Å²) >= 11 is 0. The second kappa shape index (κ2) is 2.70. The molecule has 1 rings (SSSR count). The molecule has 0 spiro atoms. The van der Waals surface area contributed by atoms with Gasteiger partial charge in [0.15, 0.2) is 5.75 Å². The monoisotopic (exact) mass is 165 g/mol. The molecule has 59 valence electrons. The minimum Gasteiger partial charge on any atom is -0.290 e. The first-order chi connectivity index (χ1) is 5.00. The average molecular weight is 165 g/mol. The molecule has 0 atom stereocenters. The minimum absolute atomic E-state index is 0.104. The van der Waals surface area contributed by atoms with E-state index in [1.807, 2.05) is 12.1 Å². The third kappa shape index (κ3) is 2.08. The first kappa shape index (κ1) is 8.33. The Balaban J connectivity index is 2.99. The fourth-order valence-corrected chi connectivity index (χ4v) is 2.12. The second-order valence-electron chi connectivity index (χ2n) is 3.77. The lowest BCUT2D eigenvalue weighted by Gasteiger charge is -2.15. The zero-order chi connectivity index (χ0) is 8.48. The van der Waals surface area contributed by atoms with Crippen molar-refractivity contribution in [2.75, 3.05) is 0 Å². The van der Waals surface area contributed by atoms with Crippen LogP contribution >= 0.6 is 0 Å². The van der Waals surface area contributed by atoms with E-state index in [-0.39, 0.29) is 5.75 Å². The lowest BCUT2D eigenvalue weighted by molar-refractivity contribution is 0.355. The Labute approximate surface area is 68.7 Å². The van der Waals surface area contributed by atoms with E-state index in [2.05, 4.69) is 19.6 Å². The summed E-state index contributed by atoms with van der Waals surface area (Å²) in [6.45, 7) is 6.81. The van der Waals surface area contributed by atoms with Gasteiger partial charge in [-0.3, -0.25) is 5.11 Å². The Hall–Kier alpha value is -0.763. The molecule has 1 radical (unpaired) electrons. The maximum absolute atomic E-state index is 10.8. The molecule has 1 nitrogen and oxygen atoms in total. The van der Waals surface area contributed by atoms with Crippen LogP contribution in [0.1, 0.15) is 0 Å². The molecule has 0 bridgehead atoms. The van der Waals surface area contributed by atoms with Crippen molar-refractivity contribution >= 4 is 13.3 Å². The highest BCUT2D eigenvalue weighted by Gasteiger charge is 2.15. The highest BCUT2D eigenvalue weighted by atomic mass is 28.3. The van der Waals surface area contributed by atoms with E-state index in [0.717, 1.165) is 0 Å². The first-order valence-corrected chi connectivity index (χ1v) is 7.28. The van der Waals surface area contributed by atoms with Gasteiger partial charge in [0.1, 0.15) is 0 Å². The third-order valence-electron chi connectivity index (χ3n) is 1.72. The molecule has 0 saturated heterocycles. The molecule has 0 amide bonds. The van der Waals surface area contributed by atoms with Gasteiger partial charge in [-0.25, -0.2) is 0 Å². The Kier molecular flexibility index (Phi) is 2.05. The molecule has 0 saturated carbocycles. The highest BCUT2D eigenvalue weighted by molar-refractivity contribution is 6.88. The molecule has 11 heavy (non-hydrogen) atoms. The van der Waals surface area contributed by atoms with Crippen molar-refractivity contribution in [3.05, 3.63) is 24.3 Å². The second-order valence-corrected chi connectivity index (χ2v) is 8.85. The molecule has 0 aliphatic rings. The van der Waals surface area contributed by atoms with Crippen molar-refractivity contribution in [3.8, 4) is 5.75 Å². The number of benzene rings is 1. The molecule has 2 heteroatoms. The molecule has 0 aliphatic heterocycles. The van der Waals surface area contributed by atoms with Crippen molar-refractivity contribution in [2.24, 2.45) is 0 Å². The van der Waals surface area contributed by atoms with E-state index in [9.17, 15) is 5.11 Å². The molecule has 0 aliphatic carbocycles. The average Bonchev–Trinajstić information content (AvgIpc) is 1.86. The standard InChI is InChI=1S/C9H13OSi/c1-11(2,3)9-6-4-8(10)5-7-9/h4-7H,1-3H3. The van der Waals surface area contributed by atoms with Gasteiger partial charge in [0.25, 0.3) is 0 Å². The SMILES string of the molecule is C[Si](C)(C)c1ccc([O])cc1. The van der Waals surface area contributed by atoms with E-state index in [4.69, 9.17) is 0 Å². The van der Waals surface area contributed by atoms with Crippen LogP contribution in [0.3, 0.4) is 0 Å². The molecule has 0 unspecified atom stereocenters. The van der Waals surface area contributed by atoms with Gasteiger partial charge in [-0.1, -0.05) is 37.0 Å². The predicted octanol–water partition coefficient (Wildman–Crippen LogP) is 2.38. The van der Waals surface area contributed by atoms with Crippen LogP contribution in [0.5, 0.6) is 5.75 Å². The zero-order valence-corrected chi connectivity index (χ0v) is 8.22. The number of rotatable bonds is 1. The van der Waals surface area contributed by atoms with Crippen molar-refractivity contribution in [1.29, 1.82) is 0 Å². The summed E-state index contributed by atoms with van der Waals surface area (Å²) in [5.41, 5.74) is 0. The van der Waals surface area contributed by atoms with Crippen LogP contribution < -0.4 is 5.19 Å². The summed E-state index contributed by atoms with van der Waals surface area (Å²) in [6.07, 6.45) is 0. The van der Waals surface area contributed by atoms with E-state index < -0.39 is 8.07 Å². The summed E-state index contributed by atoms with van der Waals surface area (Å²) in [6, 6.07) is 7.20. The lowest BCUT2D eigenvalue weighted by atomic mass is 10.3. The smallest absolute Gasteiger partial charge is 0.178 e. The summed E-state index contributed by atoms with van der Waals surface area (Å²) in [4.78, 5) is 0. The largest absolute Gasteiger partial charge is 0.290 e. The fourth-order valence-electron chi connectivity index (χ4n) is 0.955. The van der Waals surface area contributed by atoms with Crippen LogP contribution in [0, 0.1) is 0 Å². The van der Waals surface area contributed by atoms with E-state index in [0.29, 0.717) is 0 Å². The van der Waals surface area contributed by atoms with Gasteiger partial charge < -0.3 is 0 Å². The van der Waals surface area contributed by atoms with Gasteiger partial charge in [0.05, 0.1) is 8.07 Å². The highest BCUT2D eigenvalue weighted by Crippen LogP contribution is 2.08. The van der Waals surface area contributed by atoms with Crippen LogP contribution in [0.15, 0.2) is 24.3 Å². The van der Waals surface area contributed by atoms with Gasteiger partial charge in [-0.05, 0) is 12.1 Å². The molecule has 0 heterocycles. The first-order valence-electron chi connectivity index (χ1n) is 3.78. The Morgan fingerprint density at radius 2 is 1.45 bits per heavy atom. The third-order valence-corrected chi connectivity index (χ3v) is 3.79. The Morgan fingerprint density at radius 3 is 1.82 bits per heavy atom. The van der Waals surface area contributed by atoms with Crippen LogP contribution in [0.25, 0.3) is 0 Å². The van der Waals surface area contributed by atoms with Crippen LogP contribution in [0.2, 0.25) is 19.6 Å². The maximum Gasteiger partial charge on any atom is 0.178 e. The molecule has 0 fully saturated rings. The van der Waals surface area contributed by atoms with Crippen molar-refractivity contribution in [3.63, 3.8) is 0 Å². The van der Waals surface area contributed by atoms with Crippen LogP contribution in [-0.2, 0) is 5.11 Å². The van der Waals surface area contributed by atoms with Crippen molar-refractivity contribution in [1.82, 2.24) is 0 Å². The Bertz CT molecular complexity index is 233. The fraction of sp³-hybridized carbons (Fsp3) is 0.333. The molecule has 1 aromatic rings.